The first-order chi connectivity index (χ1) is 11.4. The van der Waals surface area contributed by atoms with E-state index in [-0.39, 0.29) is 17.7 Å². The molecule has 2 rings (SSSR count). The number of carbonyl (C=O) groups is 1. The fraction of sp³-hybridized carbons (Fsp3) is 0.278. The number of benzene rings is 2. The van der Waals surface area contributed by atoms with Crippen LogP contribution in [0.1, 0.15) is 23.6 Å². The first kappa shape index (κ1) is 18.4. The summed E-state index contributed by atoms with van der Waals surface area (Å²) in [5.74, 6) is 0.521. The van der Waals surface area contributed by atoms with E-state index in [1.165, 1.54) is 17.8 Å². The van der Waals surface area contributed by atoms with Gasteiger partial charge in [-0.3, -0.25) is 4.79 Å². The number of hydrogen-bond donors (Lipinski definition) is 1. The Kier molecular flexibility index (Phi) is 6.31. The van der Waals surface area contributed by atoms with Crippen LogP contribution in [-0.4, -0.2) is 11.2 Å². The number of rotatable bonds is 6. The first-order valence-corrected chi connectivity index (χ1v) is 8.50. The van der Waals surface area contributed by atoms with E-state index in [9.17, 15) is 18.0 Å². The normalized spacial score (nSPS) is 12.7. The maximum atomic E-state index is 12.7. The van der Waals surface area contributed by atoms with E-state index in [0.717, 1.165) is 17.7 Å². The van der Waals surface area contributed by atoms with E-state index >= 15 is 0 Å². The Hall–Kier alpha value is -1.95. The molecule has 2 aromatic carbocycles. The zero-order chi connectivity index (χ0) is 17.6. The Morgan fingerprint density at radius 2 is 1.75 bits per heavy atom. The molecule has 0 aliphatic carbocycles. The van der Waals surface area contributed by atoms with E-state index in [4.69, 9.17) is 0 Å². The van der Waals surface area contributed by atoms with Crippen molar-refractivity contribution < 1.29 is 18.0 Å². The second kappa shape index (κ2) is 8.24. The summed E-state index contributed by atoms with van der Waals surface area (Å²) in [6, 6.07) is 14.8. The van der Waals surface area contributed by atoms with Crippen molar-refractivity contribution in [3.63, 3.8) is 0 Å². The Morgan fingerprint density at radius 1 is 1.08 bits per heavy atom. The van der Waals surface area contributed by atoms with Gasteiger partial charge >= 0.3 is 6.18 Å². The molecule has 0 fully saturated rings. The fourth-order valence-electron chi connectivity index (χ4n) is 2.06. The molecular weight excluding hydrogens is 335 g/mol. The molecule has 1 N–H and O–H groups in total. The van der Waals surface area contributed by atoms with Crippen LogP contribution in [-0.2, 0) is 23.3 Å². The third-order valence-electron chi connectivity index (χ3n) is 3.43. The lowest BCUT2D eigenvalue weighted by Crippen LogP contribution is -2.30. The maximum absolute atomic E-state index is 12.7. The number of thioether (sulfide) groups is 1. The van der Waals surface area contributed by atoms with Crippen LogP contribution in [0.25, 0.3) is 0 Å². The fourth-order valence-corrected chi connectivity index (χ4v) is 2.93. The average Bonchev–Trinajstić information content (AvgIpc) is 2.58. The zero-order valence-electron chi connectivity index (χ0n) is 13.1. The number of halogens is 3. The monoisotopic (exact) mass is 353 g/mol. The van der Waals surface area contributed by atoms with Crippen LogP contribution in [0.5, 0.6) is 0 Å². The van der Waals surface area contributed by atoms with Gasteiger partial charge in [0.25, 0.3) is 0 Å². The Labute approximate surface area is 143 Å². The van der Waals surface area contributed by atoms with Crippen molar-refractivity contribution in [1.29, 1.82) is 0 Å². The highest BCUT2D eigenvalue weighted by molar-refractivity contribution is 7.99. The van der Waals surface area contributed by atoms with Crippen molar-refractivity contribution in [2.45, 2.75) is 30.6 Å². The third-order valence-corrected chi connectivity index (χ3v) is 4.65. The number of carbonyl (C=O) groups excluding carboxylic acids is 1. The van der Waals surface area contributed by atoms with Gasteiger partial charge in [-0.15, -0.1) is 11.8 Å². The van der Waals surface area contributed by atoms with E-state index in [0.29, 0.717) is 11.3 Å². The number of nitrogens with one attached hydrogen (secondary N) is 1. The van der Waals surface area contributed by atoms with Gasteiger partial charge in [-0.2, -0.15) is 13.2 Å². The van der Waals surface area contributed by atoms with Crippen LogP contribution in [0.2, 0.25) is 0 Å². The number of amides is 1. The molecule has 0 aromatic heterocycles. The molecule has 0 bridgehead atoms. The van der Waals surface area contributed by atoms with Crippen LogP contribution in [0.15, 0.2) is 54.6 Å². The summed E-state index contributed by atoms with van der Waals surface area (Å²) in [6.45, 7) is 1.87. The smallest absolute Gasteiger partial charge is 0.351 e. The largest absolute Gasteiger partial charge is 0.416 e. The first-order valence-electron chi connectivity index (χ1n) is 7.45. The van der Waals surface area contributed by atoms with Crippen LogP contribution >= 0.6 is 11.8 Å². The molecule has 0 heterocycles. The standard InChI is InChI=1S/C18H18F3NOS/c1-13(24-12-14-6-3-2-4-7-14)17(23)22-11-15-8-5-9-16(10-15)18(19,20)21/h2-10,13H,11-12H2,1H3,(H,22,23). The van der Waals surface area contributed by atoms with Crippen molar-refractivity contribution >= 4 is 17.7 Å². The third kappa shape index (κ3) is 5.60. The van der Waals surface area contributed by atoms with Gasteiger partial charge in [0.05, 0.1) is 10.8 Å². The van der Waals surface area contributed by atoms with E-state index in [2.05, 4.69) is 5.32 Å². The molecule has 1 unspecified atom stereocenters. The number of alkyl halides is 3. The summed E-state index contributed by atoms with van der Waals surface area (Å²) in [4.78, 5) is 12.1. The van der Waals surface area contributed by atoms with E-state index < -0.39 is 11.7 Å². The van der Waals surface area contributed by atoms with Gasteiger partial charge < -0.3 is 5.32 Å². The minimum absolute atomic E-state index is 0.0823. The van der Waals surface area contributed by atoms with Gasteiger partial charge in [0, 0.05) is 12.3 Å². The molecule has 128 valence electrons. The second-order valence-corrected chi connectivity index (χ2v) is 6.68. The highest BCUT2D eigenvalue weighted by Crippen LogP contribution is 2.29. The molecule has 1 amide bonds. The average molecular weight is 353 g/mol. The van der Waals surface area contributed by atoms with Gasteiger partial charge in [0.1, 0.15) is 0 Å². The molecule has 2 nitrogen and oxygen atoms in total. The molecule has 0 spiro atoms. The van der Waals surface area contributed by atoms with Crippen LogP contribution in [0, 0.1) is 0 Å². The van der Waals surface area contributed by atoms with Crippen LogP contribution < -0.4 is 5.32 Å². The molecular formula is C18H18F3NOS. The predicted octanol–water partition coefficient (Wildman–Crippen LogP) is 4.64. The van der Waals surface area contributed by atoms with Gasteiger partial charge in [0.15, 0.2) is 0 Å². The second-order valence-electron chi connectivity index (χ2n) is 5.35. The van der Waals surface area contributed by atoms with Crippen molar-refractivity contribution in [2.75, 3.05) is 0 Å². The minimum atomic E-state index is -4.38. The summed E-state index contributed by atoms with van der Waals surface area (Å²) in [5.41, 5.74) is 0.846. The van der Waals surface area contributed by atoms with Crippen molar-refractivity contribution in [1.82, 2.24) is 5.32 Å². The van der Waals surface area contributed by atoms with Gasteiger partial charge in [-0.25, -0.2) is 0 Å². The highest BCUT2D eigenvalue weighted by Gasteiger charge is 2.30. The van der Waals surface area contributed by atoms with E-state index in [1.807, 2.05) is 30.3 Å². The quantitative estimate of drug-likeness (QED) is 0.819. The molecule has 24 heavy (non-hydrogen) atoms. The molecule has 0 radical (unpaired) electrons. The van der Waals surface area contributed by atoms with Crippen molar-refractivity contribution in [3.8, 4) is 0 Å². The molecule has 2 aromatic rings. The lowest BCUT2D eigenvalue weighted by atomic mass is 10.1. The lowest BCUT2D eigenvalue weighted by Gasteiger charge is -2.13. The highest BCUT2D eigenvalue weighted by atomic mass is 32.2. The molecule has 0 saturated carbocycles. The molecule has 0 aliphatic rings. The molecule has 0 saturated heterocycles. The summed E-state index contributed by atoms with van der Waals surface area (Å²) in [7, 11) is 0. The predicted molar refractivity (Wildman–Crippen MR) is 90.5 cm³/mol. The molecule has 0 aliphatic heterocycles. The number of hydrogen-bond acceptors (Lipinski definition) is 2. The van der Waals surface area contributed by atoms with E-state index in [1.54, 1.807) is 13.0 Å². The summed E-state index contributed by atoms with van der Waals surface area (Å²) in [6.07, 6.45) is -4.38. The Morgan fingerprint density at radius 3 is 2.42 bits per heavy atom. The van der Waals surface area contributed by atoms with Crippen molar-refractivity contribution in [2.24, 2.45) is 0 Å². The minimum Gasteiger partial charge on any atom is -0.351 e. The summed E-state index contributed by atoms with van der Waals surface area (Å²) < 4.78 is 38.0. The Bertz CT molecular complexity index is 673. The summed E-state index contributed by atoms with van der Waals surface area (Å²) in [5, 5.41) is 2.41. The topological polar surface area (TPSA) is 29.1 Å². The van der Waals surface area contributed by atoms with Crippen LogP contribution in [0.4, 0.5) is 13.2 Å². The SMILES string of the molecule is CC(SCc1ccccc1)C(=O)NCc1cccc(C(F)(F)F)c1. The Balaban J connectivity index is 1.84. The van der Waals surface area contributed by atoms with Gasteiger partial charge in [-0.1, -0.05) is 42.5 Å². The maximum Gasteiger partial charge on any atom is 0.416 e. The van der Waals surface area contributed by atoms with Crippen LogP contribution in [0.3, 0.4) is 0 Å². The zero-order valence-corrected chi connectivity index (χ0v) is 14.0. The summed E-state index contributed by atoms with van der Waals surface area (Å²) >= 11 is 1.49. The lowest BCUT2D eigenvalue weighted by molar-refractivity contribution is -0.137. The van der Waals surface area contributed by atoms with Gasteiger partial charge in [0.2, 0.25) is 5.91 Å². The van der Waals surface area contributed by atoms with Gasteiger partial charge in [-0.05, 0) is 30.2 Å². The molecule has 6 heteroatoms. The molecule has 1 atom stereocenters. The van der Waals surface area contributed by atoms with Crippen molar-refractivity contribution in [3.05, 3.63) is 71.3 Å².